The fourth-order valence-corrected chi connectivity index (χ4v) is 3.84. The van der Waals surface area contributed by atoms with Crippen LogP contribution < -0.4 is 4.74 Å². The molecule has 1 fully saturated rings. The summed E-state index contributed by atoms with van der Waals surface area (Å²) in [7, 11) is 1.70. The molecule has 146 valence electrons. The first-order chi connectivity index (χ1) is 13.6. The average molecular weight is 397 g/mol. The fourth-order valence-electron chi connectivity index (χ4n) is 3.67. The number of amidine groups is 1. The van der Waals surface area contributed by atoms with E-state index < -0.39 is 0 Å². The van der Waals surface area contributed by atoms with Crippen LogP contribution in [0.1, 0.15) is 18.9 Å². The highest BCUT2D eigenvalue weighted by Crippen LogP contribution is 2.33. The second kappa shape index (κ2) is 8.33. The molecule has 1 saturated heterocycles. The Morgan fingerprint density at radius 2 is 1.71 bits per heavy atom. The number of halogens is 1. The van der Waals surface area contributed by atoms with Gasteiger partial charge < -0.3 is 9.64 Å². The Hall–Kier alpha value is -2.37. The van der Waals surface area contributed by atoms with Gasteiger partial charge in [-0.1, -0.05) is 23.7 Å². The van der Waals surface area contributed by atoms with E-state index in [4.69, 9.17) is 26.3 Å². The minimum absolute atomic E-state index is 0.695. The molecule has 0 unspecified atom stereocenters. The molecule has 0 bridgehead atoms. The predicted octanol–water partition coefficient (Wildman–Crippen LogP) is 4.69. The Kier molecular flexibility index (Phi) is 5.64. The molecular weight excluding hydrogens is 372 g/mol. The van der Waals surface area contributed by atoms with E-state index in [1.54, 1.807) is 7.11 Å². The number of benzene rings is 2. The Labute approximate surface area is 171 Å². The van der Waals surface area contributed by atoms with E-state index in [2.05, 4.69) is 28.9 Å². The largest absolute Gasteiger partial charge is 0.497 e. The van der Waals surface area contributed by atoms with Gasteiger partial charge >= 0.3 is 0 Å². The van der Waals surface area contributed by atoms with Gasteiger partial charge in [0.05, 0.1) is 18.5 Å². The molecule has 2 aromatic rings. The summed E-state index contributed by atoms with van der Waals surface area (Å²) >= 11 is 6.17. The van der Waals surface area contributed by atoms with Gasteiger partial charge in [0.25, 0.3) is 0 Å². The lowest BCUT2D eigenvalue weighted by molar-refractivity contribution is 0.174. The van der Waals surface area contributed by atoms with Crippen molar-refractivity contribution in [2.75, 3.05) is 33.3 Å². The zero-order valence-corrected chi connectivity index (χ0v) is 17.1. The SMILES string of the molecule is COc1ccc(CN2CCN(C3=Nc4cc(Cl)ccc4N=C(C)C3)CC2)cc1. The molecule has 28 heavy (non-hydrogen) atoms. The van der Waals surface area contributed by atoms with E-state index in [0.717, 1.165) is 67.8 Å². The number of rotatable bonds is 3. The summed E-state index contributed by atoms with van der Waals surface area (Å²) in [4.78, 5) is 14.5. The molecular formula is C22H25ClN4O. The van der Waals surface area contributed by atoms with Gasteiger partial charge in [0.15, 0.2) is 0 Å². The number of hydrogen-bond donors (Lipinski definition) is 0. The smallest absolute Gasteiger partial charge is 0.118 e. The van der Waals surface area contributed by atoms with Gasteiger partial charge in [-0.3, -0.25) is 9.89 Å². The van der Waals surface area contributed by atoms with Crippen LogP contribution in [0.4, 0.5) is 11.4 Å². The molecule has 0 radical (unpaired) electrons. The summed E-state index contributed by atoms with van der Waals surface area (Å²) in [6, 6.07) is 14.0. The van der Waals surface area contributed by atoms with Crippen LogP contribution in [-0.4, -0.2) is 54.6 Å². The molecule has 5 nitrogen and oxygen atoms in total. The van der Waals surface area contributed by atoms with Gasteiger partial charge in [-0.2, -0.15) is 0 Å². The van der Waals surface area contributed by atoms with Crippen molar-refractivity contribution in [1.29, 1.82) is 0 Å². The van der Waals surface area contributed by atoms with Crippen LogP contribution in [-0.2, 0) is 6.54 Å². The number of ether oxygens (including phenoxy) is 1. The first kappa shape index (κ1) is 19.0. The van der Waals surface area contributed by atoms with Crippen molar-refractivity contribution in [1.82, 2.24) is 9.80 Å². The summed E-state index contributed by atoms with van der Waals surface area (Å²) in [5.41, 5.74) is 4.16. The maximum atomic E-state index is 6.17. The average Bonchev–Trinajstić information content (AvgIpc) is 2.87. The molecule has 0 amide bonds. The zero-order valence-electron chi connectivity index (χ0n) is 16.4. The number of methoxy groups -OCH3 is 1. The van der Waals surface area contributed by atoms with Crippen LogP contribution in [0.15, 0.2) is 52.4 Å². The first-order valence-corrected chi connectivity index (χ1v) is 10.00. The zero-order chi connectivity index (χ0) is 19.5. The highest BCUT2D eigenvalue weighted by Gasteiger charge is 2.22. The molecule has 2 aliphatic heterocycles. The van der Waals surface area contributed by atoms with Crippen LogP contribution in [0.25, 0.3) is 0 Å². The number of hydrogen-bond acceptors (Lipinski definition) is 5. The van der Waals surface area contributed by atoms with E-state index in [9.17, 15) is 0 Å². The number of nitrogens with zero attached hydrogens (tertiary/aromatic N) is 4. The molecule has 2 aliphatic rings. The summed E-state index contributed by atoms with van der Waals surface area (Å²) in [5.74, 6) is 1.99. The third-order valence-corrected chi connectivity index (χ3v) is 5.45. The molecule has 2 heterocycles. The molecule has 2 aromatic carbocycles. The summed E-state index contributed by atoms with van der Waals surface area (Å²) < 4.78 is 5.24. The Bertz CT molecular complexity index is 899. The van der Waals surface area contributed by atoms with Gasteiger partial charge in [-0.25, -0.2) is 4.99 Å². The quantitative estimate of drug-likeness (QED) is 0.755. The molecule has 0 aromatic heterocycles. The minimum atomic E-state index is 0.695. The molecule has 0 N–H and O–H groups in total. The third-order valence-electron chi connectivity index (χ3n) is 5.21. The van der Waals surface area contributed by atoms with Crippen molar-refractivity contribution in [3.05, 3.63) is 53.1 Å². The molecule has 4 rings (SSSR count). The Morgan fingerprint density at radius 1 is 0.964 bits per heavy atom. The normalized spacial score (nSPS) is 17.5. The van der Waals surface area contributed by atoms with E-state index >= 15 is 0 Å². The molecule has 0 atom stereocenters. The highest BCUT2D eigenvalue weighted by molar-refractivity contribution is 6.31. The molecule has 0 aliphatic carbocycles. The third kappa shape index (κ3) is 4.37. The van der Waals surface area contributed by atoms with Crippen LogP contribution in [0.5, 0.6) is 5.75 Å². The maximum Gasteiger partial charge on any atom is 0.118 e. The van der Waals surface area contributed by atoms with E-state index in [0.29, 0.717) is 5.02 Å². The van der Waals surface area contributed by atoms with Crippen molar-refractivity contribution in [2.24, 2.45) is 9.98 Å². The van der Waals surface area contributed by atoms with Crippen molar-refractivity contribution < 1.29 is 4.74 Å². The highest BCUT2D eigenvalue weighted by atomic mass is 35.5. The van der Waals surface area contributed by atoms with Crippen molar-refractivity contribution in [3.8, 4) is 5.75 Å². The predicted molar refractivity (Wildman–Crippen MR) is 116 cm³/mol. The van der Waals surface area contributed by atoms with Gasteiger partial charge in [0, 0.05) is 49.9 Å². The van der Waals surface area contributed by atoms with E-state index in [-0.39, 0.29) is 0 Å². The van der Waals surface area contributed by atoms with Crippen LogP contribution in [0, 0.1) is 0 Å². The second-order valence-corrected chi connectivity index (χ2v) is 7.73. The van der Waals surface area contributed by atoms with Gasteiger partial charge in [0.2, 0.25) is 0 Å². The minimum Gasteiger partial charge on any atom is -0.497 e. The lowest BCUT2D eigenvalue weighted by Crippen LogP contribution is -2.48. The van der Waals surface area contributed by atoms with Crippen LogP contribution in [0.3, 0.4) is 0 Å². The molecule has 6 heteroatoms. The number of piperazine rings is 1. The van der Waals surface area contributed by atoms with Gasteiger partial charge in [0.1, 0.15) is 11.6 Å². The Balaban J connectivity index is 1.42. The fraction of sp³-hybridized carbons (Fsp3) is 0.364. The molecule has 0 spiro atoms. The van der Waals surface area contributed by atoms with Crippen LogP contribution >= 0.6 is 11.6 Å². The first-order valence-electron chi connectivity index (χ1n) is 9.62. The van der Waals surface area contributed by atoms with Gasteiger partial charge in [-0.05, 0) is 42.8 Å². The van der Waals surface area contributed by atoms with E-state index in [1.165, 1.54) is 5.56 Å². The summed E-state index contributed by atoms with van der Waals surface area (Å²) in [6.07, 6.45) is 0.783. The maximum absolute atomic E-state index is 6.17. The topological polar surface area (TPSA) is 40.4 Å². The van der Waals surface area contributed by atoms with Crippen LogP contribution in [0.2, 0.25) is 5.02 Å². The monoisotopic (exact) mass is 396 g/mol. The molecule has 0 saturated carbocycles. The summed E-state index contributed by atoms with van der Waals surface area (Å²) in [5, 5.41) is 0.695. The van der Waals surface area contributed by atoms with Crippen molar-refractivity contribution in [3.63, 3.8) is 0 Å². The summed E-state index contributed by atoms with van der Waals surface area (Å²) in [6.45, 7) is 7.01. The number of aliphatic imine (C=N–C) groups is 2. The van der Waals surface area contributed by atoms with Crippen molar-refractivity contribution >= 4 is 34.5 Å². The number of fused-ring (bicyclic) bond motifs is 1. The Morgan fingerprint density at radius 3 is 2.43 bits per heavy atom. The lowest BCUT2D eigenvalue weighted by atomic mass is 10.1. The van der Waals surface area contributed by atoms with Gasteiger partial charge in [-0.15, -0.1) is 0 Å². The standard InChI is InChI=1S/C22H25ClN4O/c1-16-13-22(25-21-14-18(23)5-8-20(21)24-16)27-11-9-26(10-12-27)15-17-3-6-19(28-2)7-4-17/h3-8,14H,9-13,15H2,1-2H3. The lowest BCUT2D eigenvalue weighted by Gasteiger charge is -2.36. The van der Waals surface area contributed by atoms with Crippen molar-refractivity contribution in [2.45, 2.75) is 19.9 Å². The van der Waals surface area contributed by atoms with E-state index in [1.807, 2.05) is 30.3 Å². The second-order valence-electron chi connectivity index (χ2n) is 7.30.